The highest BCUT2D eigenvalue weighted by Crippen LogP contribution is 2.43. The number of aromatic nitrogens is 1. The van der Waals surface area contributed by atoms with Crippen LogP contribution in [-0.4, -0.2) is 28.1 Å². The summed E-state index contributed by atoms with van der Waals surface area (Å²) in [5.74, 6) is 0.499. The van der Waals surface area contributed by atoms with E-state index in [1.807, 2.05) is 17.0 Å². The van der Waals surface area contributed by atoms with Crippen molar-refractivity contribution in [3.8, 4) is 0 Å². The summed E-state index contributed by atoms with van der Waals surface area (Å²) < 4.78 is 5.44. The first-order chi connectivity index (χ1) is 10.3. The number of carbonyl (C=O) groups is 1. The Morgan fingerprint density at radius 3 is 3.05 bits per heavy atom. The van der Waals surface area contributed by atoms with Crippen molar-refractivity contribution in [1.29, 1.82) is 0 Å². The number of rotatable bonds is 2. The van der Waals surface area contributed by atoms with Crippen molar-refractivity contribution in [2.24, 2.45) is 5.92 Å². The summed E-state index contributed by atoms with van der Waals surface area (Å²) in [6.07, 6.45) is 8.65. The van der Waals surface area contributed by atoms with Crippen LogP contribution >= 0.6 is 0 Å². The normalized spacial score (nSPS) is 28.8. The number of fused-ring (bicyclic) bond motifs is 2. The Hall–Kier alpha value is -2.04. The van der Waals surface area contributed by atoms with Gasteiger partial charge in [-0.2, -0.15) is 0 Å². The summed E-state index contributed by atoms with van der Waals surface area (Å²) in [7, 11) is 0. The van der Waals surface area contributed by atoms with Crippen LogP contribution < -0.4 is 4.90 Å². The third-order valence-corrected chi connectivity index (χ3v) is 4.98. The molecule has 0 radical (unpaired) electrons. The summed E-state index contributed by atoms with van der Waals surface area (Å²) in [6.45, 7) is 0. The van der Waals surface area contributed by atoms with Crippen molar-refractivity contribution in [2.45, 2.75) is 44.2 Å². The Morgan fingerprint density at radius 2 is 2.19 bits per heavy atom. The standard InChI is InChI=1S/C16H18N2O3/c19-16(20)13-9-10-3-1-2-4-12(10)18(13)15-11-6-8-21-14(11)5-7-17-15/h5-8,10,12-13H,1-4,9H2,(H,19,20). The fraction of sp³-hybridized carbons (Fsp3) is 0.500. The highest BCUT2D eigenvalue weighted by Gasteiger charge is 2.46. The molecule has 1 aliphatic heterocycles. The van der Waals surface area contributed by atoms with Gasteiger partial charge in [0.05, 0.1) is 11.6 Å². The smallest absolute Gasteiger partial charge is 0.326 e. The van der Waals surface area contributed by atoms with E-state index in [0.717, 1.165) is 36.0 Å². The molecule has 0 aromatic carbocycles. The maximum Gasteiger partial charge on any atom is 0.326 e. The zero-order chi connectivity index (χ0) is 14.4. The van der Waals surface area contributed by atoms with E-state index in [9.17, 15) is 9.90 Å². The number of nitrogens with zero attached hydrogens (tertiary/aromatic N) is 2. The molecule has 1 N–H and O–H groups in total. The van der Waals surface area contributed by atoms with Crippen LogP contribution in [-0.2, 0) is 4.79 Å². The van der Waals surface area contributed by atoms with Crippen LogP contribution in [0.3, 0.4) is 0 Å². The Bertz CT molecular complexity index is 681. The lowest BCUT2D eigenvalue weighted by molar-refractivity contribution is -0.138. The quantitative estimate of drug-likeness (QED) is 0.919. The van der Waals surface area contributed by atoms with E-state index < -0.39 is 12.0 Å². The van der Waals surface area contributed by atoms with Gasteiger partial charge in [-0.05, 0) is 37.3 Å². The van der Waals surface area contributed by atoms with Gasteiger partial charge in [-0.1, -0.05) is 12.8 Å². The van der Waals surface area contributed by atoms with E-state index in [1.54, 1.807) is 12.5 Å². The maximum absolute atomic E-state index is 11.7. The highest BCUT2D eigenvalue weighted by molar-refractivity contribution is 5.91. The van der Waals surface area contributed by atoms with Crippen LogP contribution in [0.1, 0.15) is 32.1 Å². The van der Waals surface area contributed by atoms with Gasteiger partial charge in [0.15, 0.2) is 0 Å². The summed E-state index contributed by atoms with van der Waals surface area (Å²) in [4.78, 5) is 18.2. The van der Waals surface area contributed by atoms with Gasteiger partial charge in [0.25, 0.3) is 0 Å². The number of hydrogen-bond acceptors (Lipinski definition) is 4. The molecule has 3 heterocycles. The second-order valence-corrected chi connectivity index (χ2v) is 6.08. The molecule has 3 atom stereocenters. The minimum atomic E-state index is -0.744. The average molecular weight is 286 g/mol. The fourth-order valence-corrected chi connectivity index (χ4v) is 4.07. The number of pyridine rings is 1. The van der Waals surface area contributed by atoms with Crippen molar-refractivity contribution in [1.82, 2.24) is 4.98 Å². The number of carboxylic acids is 1. The van der Waals surface area contributed by atoms with Crippen molar-refractivity contribution in [3.63, 3.8) is 0 Å². The second-order valence-electron chi connectivity index (χ2n) is 6.08. The zero-order valence-electron chi connectivity index (χ0n) is 11.7. The van der Waals surface area contributed by atoms with Gasteiger partial charge < -0.3 is 14.4 Å². The Kier molecular flexibility index (Phi) is 2.87. The molecule has 2 fully saturated rings. The van der Waals surface area contributed by atoms with E-state index in [0.29, 0.717) is 12.0 Å². The first-order valence-corrected chi connectivity index (χ1v) is 7.59. The third kappa shape index (κ3) is 1.91. The predicted molar refractivity (Wildman–Crippen MR) is 78.3 cm³/mol. The number of carboxylic acid groups (broad SMARTS) is 1. The fourth-order valence-electron chi connectivity index (χ4n) is 4.07. The number of hydrogen-bond donors (Lipinski definition) is 1. The minimum Gasteiger partial charge on any atom is -0.480 e. The molecule has 21 heavy (non-hydrogen) atoms. The van der Waals surface area contributed by atoms with Crippen LogP contribution in [0.5, 0.6) is 0 Å². The van der Waals surface area contributed by atoms with Gasteiger partial charge in [-0.15, -0.1) is 0 Å². The van der Waals surface area contributed by atoms with E-state index in [1.165, 1.54) is 12.8 Å². The molecule has 1 aliphatic carbocycles. The molecule has 3 unspecified atom stereocenters. The Balaban J connectivity index is 1.83. The molecule has 5 nitrogen and oxygen atoms in total. The average Bonchev–Trinajstić information content (AvgIpc) is 3.11. The van der Waals surface area contributed by atoms with Gasteiger partial charge in [0.2, 0.25) is 0 Å². The van der Waals surface area contributed by atoms with Crippen LogP contribution in [0.4, 0.5) is 5.82 Å². The summed E-state index contributed by atoms with van der Waals surface area (Å²) in [5.41, 5.74) is 0.767. The van der Waals surface area contributed by atoms with Crippen molar-refractivity contribution >= 4 is 22.8 Å². The van der Waals surface area contributed by atoms with Gasteiger partial charge >= 0.3 is 5.97 Å². The minimum absolute atomic E-state index is 0.299. The zero-order valence-corrected chi connectivity index (χ0v) is 11.7. The second kappa shape index (κ2) is 4.76. The molecule has 0 bridgehead atoms. The van der Waals surface area contributed by atoms with E-state index in [-0.39, 0.29) is 0 Å². The molecular weight excluding hydrogens is 268 g/mol. The Labute approximate surface area is 122 Å². The molecule has 5 heteroatoms. The lowest BCUT2D eigenvalue weighted by Crippen LogP contribution is -2.43. The molecule has 2 aliphatic rings. The largest absolute Gasteiger partial charge is 0.480 e. The molecule has 0 spiro atoms. The first-order valence-electron chi connectivity index (χ1n) is 7.59. The van der Waals surface area contributed by atoms with E-state index >= 15 is 0 Å². The monoisotopic (exact) mass is 286 g/mol. The SMILES string of the molecule is O=C(O)C1CC2CCCCC2N1c1nccc2occc12. The van der Waals surface area contributed by atoms with Gasteiger partial charge in [0.1, 0.15) is 17.4 Å². The van der Waals surface area contributed by atoms with Gasteiger partial charge in [-0.3, -0.25) is 0 Å². The molecule has 1 saturated heterocycles. The van der Waals surface area contributed by atoms with Gasteiger partial charge in [0, 0.05) is 12.2 Å². The van der Waals surface area contributed by atoms with Gasteiger partial charge in [-0.25, -0.2) is 9.78 Å². The summed E-state index contributed by atoms with van der Waals surface area (Å²) in [6, 6.07) is 3.54. The van der Waals surface area contributed by atoms with E-state index in [2.05, 4.69) is 4.98 Å². The molecular formula is C16H18N2O3. The van der Waals surface area contributed by atoms with Crippen LogP contribution in [0.2, 0.25) is 0 Å². The first kappa shape index (κ1) is 12.7. The summed E-state index contributed by atoms with van der Waals surface area (Å²) in [5, 5.41) is 10.5. The molecule has 110 valence electrons. The third-order valence-electron chi connectivity index (χ3n) is 4.98. The van der Waals surface area contributed by atoms with Crippen LogP contribution in [0, 0.1) is 5.92 Å². The Morgan fingerprint density at radius 1 is 1.33 bits per heavy atom. The van der Waals surface area contributed by atoms with Crippen molar-refractivity contribution < 1.29 is 14.3 Å². The van der Waals surface area contributed by atoms with Crippen LogP contribution in [0.25, 0.3) is 11.0 Å². The number of anilines is 1. The molecule has 1 saturated carbocycles. The van der Waals surface area contributed by atoms with Crippen molar-refractivity contribution in [2.75, 3.05) is 4.90 Å². The lowest BCUT2D eigenvalue weighted by Gasteiger charge is -2.34. The summed E-state index contributed by atoms with van der Waals surface area (Å²) >= 11 is 0. The lowest BCUT2D eigenvalue weighted by atomic mass is 9.85. The topological polar surface area (TPSA) is 66.6 Å². The maximum atomic E-state index is 11.7. The van der Waals surface area contributed by atoms with E-state index in [4.69, 9.17) is 4.42 Å². The molecule has 2 aromatic rings. The number of aliphatic carboxylic acids is 1. The highest BCUT2D eigenvalue weighted by atomic mass is 16.4. The predicted octanol–water partition coefficient (Wildman–Crippen LogP) is 3.05. The number of furan rings is 1. The van der Waals surface area contributed by atoms with Crippen molar-refractivity contribution in [3.05, 3.63) is 24.6 Å². The molecule has 4 rings (SSSR count). The van der Waals surface area contributed by atoms with Crippen LogP contribution in [0.15, 0.2) is 29.0 Å². The molecule has 2 aromatic heterocycles. The molecule has 0 amide bonds.